The van der Waals surface area contributed by atoms with E-state index in [2.05, 4.69) is 11.8 Å². The van der Waals surface area contributed by atoms with Gasteiger partial charge in [-0.3, -0.25) is 4.79 Å². The van der Waals surface area contributed by atoms with Gasteiger partial charge < -0.3 is 9.64 Å². The summed E-state index contributed by atoms with van der Waals surface area (Å²) in [6.07, 6.45) is 0.930. The summed E-state index contributed by atoms with van der Waals surface area (Å²) in [5.41, 5.74) is 2.77. The van der Waals surface area contributed by atoms with E-state index in [0.717, 1.165) is 39.8 Å². The van der Waals surface area contributed by atoms with Gasteiger partial charge in [0, 0.05) is 28.9 Å². The first-order valence-electron chi connectivity index (χ1n) is 9.78. The fraction of sp³-hybridized carbons (Fsp3) is 0.304. The van der Waals surface area contributed by atoms with Crippen molar-refractivity contribution in [2.45, 2.75) is 33.2 Å². The third-order valence-electron chi connectivity index (χ3n) is 4.69. The van der Waals surface area contributed by atoms with Crippen molar-refractivity contribution in [1.29, 1.82) is 0 Å². The molecule has 3 aromatic rings. The van der Waals surface area contributed by atoms with Crippen LogP contribution >= 0.6 is 34.5 Å². The lowest BCUT2D eigenvalue weighted by Gasteiger charge is -2.31. The molecule has 1 aromatic heterocycles. The summed E-state index contributed by atoms with van der Waals surface area (Å²) >= 11 is 14.1. The number of ether oxygens (including phenoxy) is 1. The molecule has 4 nitrogen and oxygen atoms in total. The second-order valence-electron chi connectivity index (χ2n) is 6.95. The van der Waals surface area contributed by atoms with Gasteiger partial charge in [-0.2, -0.15) is 0 Å². The van der Waals surface area contributed by atoms with Crippen LogP contribution in [-0.2, 0) is 9.53 Å². The van der Waals surface area contributed by atoms with Crippen molar-refractivity contribution in [2.24, 2.45) is 0 Å². The predicted octanol–water partition coefficient (Wildman–Crippen LogP) is 6.95. The monoisotopic (exact) mass is 462 g/mol. The van der Waals surface area contributed by atoms with Crippen LogP contribution in [0.2, 0.25) is 10.0 Å². The van der Waals surface area contributed by atoms with Crippen LogP contribution in [0.3, 0.4) is 0 Å². The highest BCUT2D eigenvalue weighted by molar-refractivity contribution is 7.16. The number of aromatic nitrogens is 1. The average Bonchev–Trinajstić information content (AvgIpc) is 3.09. The Hall–Kier alpha value is -2.08. The molecule has 0 saturated carbocycles. The SMILES string of the molecule is CCCN(c1nc(-c2ccc(Cl)cc2Cl)c(C)s1)C(COC(C)=O)c1ccccc1. The Balaban J connectivity index is 2.02. The number of esters is 1. The minimum atomic E-state index is -0.295. The molecule has 0 saturated heterocycles. The van der Waals surface area contributed by atoms with Crippen LogP contribution in [0.1, 0.15) is 36.8 Å². The van der Waals surface area contributed by atoms with E-state index in [4.69, 9.17) is 32.9 Å². The molecule has 1 atom stereocenters. The van der Waals surface area contributed by atoms with Gasteiger partial charge >= 0.3 is 5.97 Å². The number of nitrogens with zero attached hydrogens (tertiary/aromatic N) is 2. The summed E-state index contributed by atoms with van der Waals surface area (Å²) in [4.78, 5) is 19.7. The van der Waals surface area contributed by atoms with Gasteiger partial charge in [-0.25, -0.2) is 4.98 Å². The van der Waals surface area contributed by atoms with Gasteiger partial charge in [0.05, 0.1) is 16.8 Å². The first kappa shape index (κ1) is 22.6. The van der Waals surface area contributed by atoms with Gasteiger partial charge in [-0.15, -0.1) is 11.3 Å². The fourth-order valence-electron chi connectivity index (χ4n) is 3.30. The molecule has 7 heteroatoms. The molecule has 0 N–H and O–H groups in total. The average molecular weight is 463 g/mol. The minimum absolute atomic E-state index is 0.130. The molecule has 2 aromatic carbocycles. The first-order valence-corrected chi connectivity index (χ1v) is 11.4. The first-order chi connectivity index (χ1) is 14.4. The summed E-state index contributed by atoms with van der Waals surface area (Å²) in [7, 11) is 0. The molecule has 0 aliphatic carbocycles. The third-order valence-corrected chi connectivity index (χ3v) is 6.24. The van der Waals surface area contributed by atoms with E-state index in [1.165, 1.54) is 6.92 Å². The molecular formula is C23H24Cl2N2O2S. The van der Waals surface area contributed by atoms with Gasteiger partial charge in [0.1, 0.15) is 6.61 Å². The molecule has 1 unspecified atom stereocenters. The van der Waals surface area contributed by atoms with Crippen molar-refractivity contribution in [3.63, 3.8) is 0 Å². The molecule has 0 amide bonds. The fourth-order valence-corrected chi connectivity index (χ4v) is 4.80. The topological polar surface area (TPSA) is 42.4 Å². The maximum absolute atomic E-state index is 11.5. The van der Waals surface area contributed by atoms with E-state index in [0.29, 0.717) is 10.0 Å². The number of hydrogen-bond acceptors (Lipinski definition) is 5. The summed E-state index contributed by atoms with van der Waals surface area (Å²) in [6, 6.07) is 15.4. The lowest BCUT2D eigenvalue weighted by molar-refractivity contribution is -0.141. The van der Waals surface area contributed by atoms with Crippen molar-refractivity contribution >= 4 is 45.6 Å². The van der Waals surface area contributed by atoms with Crippen LogP contribution in [0.5, 0.6) is 0 Å². The quantitative estimate of drug-likeness (QED) is 0.339. The Labute approximate surface area is 191 Å². The number of rotatable bonds is 8. The Morgan fingerprint density at radius 3 is 2.57 bits per heavy atom. The van der Waals surface area contributed by atoms with Crippen LogP contribution < -0.4 is 4.90 Å². The number of aryl methyl sites for hydroxylation is 1. The summed E-state index contributed by atoms with van der Waals surface area (Å²) in [6.45, 7) is 6.63. The van der Waals surface area contributed by atoms with Crippen molar-refractivity contribution in [2.75, 3.05) is 18.1 Å². The minimum Gasteiger partial charge on any atom is -0.463 e. The van der Waals surface area contributed by atoms with E-state index in [1.807, 2.05) is 49.4 Å². The standard InChI is InChI=1S/C23H24Cl2N2O2S/c1-4-12-27(21(14-29-16(3)28)17-8-6-5-7-9-17)23-26-22(15(2)30-23)19-11-10-18(24)13-20(19)25/h5-11,13,21H,4,12,14H2,1-3H3. The van der Waals surface area contributed by atoms with Crippen molar-refractivity contribution in [1.82, 2.24) is 4.98 Å². The van der Waals surface area contributed by atoms with Crippen molar-refractivity contribution in [3.05, 3.63) is 69.0 Å². The van der Waals surface area contributed by atoms with Crippen molar-refractivity contribution < 1.29 is 9.53 Å². The maximum Gasteiger partial charge on any atom is 0.302 e. The highest BCUT2D eigenvalue weighted by Crippen LogP contribution is 2.39. The molecule has 1 heterocycles. The smallest absolute Gasteiger partial charge is 0.302 e. The zero-order chi connectivity index (χ0) is 21.7. The lowest BCUT2D eigenvalue weighted by Crippen LogP contribution is -2.33. The van der Waals surface area contributed by atoms with Gasteiger partial charge in [-0.1, -0.05) is 60.5 Å². The molecule has 0 aliphatic heterocycles. The largest absolute Gasteiger partial charge is 0.463 e. The van der Waals surface area contributed by atoms with E-state index in [-0.39, 0.29) is 18.6 Å². The zero-order valence-corrected chi connectivity index (χ0v) is 19.5. The summed E-state index contributed by atoms with van der Waals surface area (Å²) < 4.78 is 5.42. The maximum atomic E-state index is 11.5. The Morgan fingerprint density at radius 1 is 1.20 bits per heavy atom. The van der Waals surface area contributed by atoms with E-state index >= 15 is 0 Å². The summed E-state index contributed by atoms with van der Waals surface area (Å²) in [5.74, 6) is -0.295. The highest BCUT2D eigenvalue weighted by atomic mass is 35.5. The van der Waals surface area contributed by atoms with Gasteiger partial charge in [0.25, 0.3) is 0 Å². The number of carbonyl (C=O) groups is 1. The van der Waals surface area contributed by atoms with Crippen LogP contribution in [-0.4, -0.2) is 24.1 Å². The molecule has 158 valence electrons. The molecule has 0 fully saturated rings. The molecule has 0 radical (unpaired) electrons. The molecule has 3 rings (SSSR count). The number of carbonyl (C=O) groups excluding carboxylic acids is 1. The van der Waals surface area contributed by atoms with Crippen LogP contribution in [0, 0.1) is 6.92 Å². The molecule has 0 spiro atoms. The van der Waals surface area contributed by atoms with Crippen LogP contribution in [0.15, 0.2) is 48.5 Å². The normalized spacial score (nSPS) is 11.9. The zero-order valence-electron chi connectivity index (χ0n) is 17.2. The van der Waals surface area contributed by atoms with Crippen molar-refractivity contribution in [3.8, 4) is 11.3 Å². The second kappa shape index (κ2) is 10.3. The number of anilines is 1. The molecule has 0 bridgehead atoms. The van der Waals surface area contributed by atoms with Crippen LogP contribution in [0.4, 0.5) is 5.13 Å². The number of benzene rings is 2. The number of halogens is 2. The van der Waals surface area contributed by atoms with Gasteiger partial charge in [0.2, 0.25) is 0 Å². The molecule has 0 aliphatic rings. The number of thiazole rings is 1. The number of hydrogen-bond donors (Lipinski definition) is 0. The molecular weight excluding hydrogens is 439 g/mol. The van der Waals surface area contributed by atoms with Crippen LogP contribution in [0.25, 0.3) is 11.3 Å². The third kappa shape index (κ3) is 5.34. The summed E-state index contributed by atoms with van der Waals surface area (Å²) in [5, 5.41) is 2.04. The Kier molecular flexibility index (Phi) is 7.75. The predicted molar refractivity (Wildman–Crippen MR) is 126 cm³/mol. The Bertz CT molecular complexity index is 1010. The van der Waals surface area contributed by atoms with E-state index in [1.54, 1.807) is 17.4 Å². The van der Waals surface area contributed by atoms with Gasteiger partial charge in [0.15, 0.2) is 5.13 Å². The molecule has 30 heavy (non-hydrogen) atoms. The van der Waals surface area contributed by atoms with E-state index in [9.17, 15) is 4.79 Å². The lowest BCUT2D eigenvalue weighted by atomic mass is 10.1. The highest BCUT2D eigenvalue weighted by Gasteiger charge is 2.25. The Morgan fingerprint density at radius 2 is 1.93 bits per heavy atom. The van der Waals surface area contributed by atoms with E-state index < -0.39 is 0 Å². The van der Waals surface area contributed by atoms with Gasteiger partial charge in [-0.05, 0) is 37.1 Å². The second-order valence-corrected chi connectivity index (χ2v) is 8.97.